The van der Waals surface area contributed by atoms with Gasteiger partial charge in [-0.15, -0.1) is 0 Å². The maximum absolute atomic E-state index is 12.3. The number of aryl methyl sites for hydroxylation is 1. The summed E-state index contributed by atoms with van der Waals surface area (Å²) in [5.74, 6) is -0.794. The zero-order valence-electron chi connectivity index (χ0n) is 16.5. The van der Waals surface area contributed by atoms with Crippen LogP contribution in [0.2, 0.25) is 0 Å². The summed E-state index contributed by atoms with van der Waals surface area (Å²) >= 11 is 0. The number of nitrogens with one attached hydrogen (secondary N) is 3. The summed E-state index contributed by atoms with van der Waals surface area (Å²) in [6.07, 6.45) is -2.58. The number of benzene rings is 2. The van der Waals surface area contributed by atoms with Crippen LogP contribution in [-0.2, 0) is 11.2 Å². The van der Waals surface area contributed by atoms with Crippen LogP contribution < -0.4 is 20.3 Å². The highest BCUT2D eigenvalue weighted by molar-refractivity contribution is 6.07. The first-order valence-corrected chi connectivity index (χ1v) is 9.28. The maximum atomic E-state index is 12.3. The fourth-order valence-corrected chi connectivity index (χ4v) is 2.92. The van der Waals surface area contributed by atoms with Crippen LogP contribution in [0.15, 0.2) is 48.7 Å². The second-order valence-corrected chi connectivity index (χ2v) is 6.64. The van der Waals surface area contributed by atoms with Crippen LogP contribution in [0.3, 0.4) is 0 Å². The second-order valence-electron chi connectivity index (χ2n) is 6.64. The van der Waals surface area contributed by atoms with Crippen LogP contribution >= 0.6 is 0 Å². The largest absolute Gasteiger partial charge is 0.493 e. The van der Waals surface area contributed by atoms with Crippen LogP contribution in [-0.4, -0.2) is 36.7 Å². The van der Waals surface area contributed by atoms with Gasteiger partial charge in [-0.25, -0.2) is 0 Å². The van der Waals surface area contributed by atoms with Crippen molar-refractivity contribution in [2.75, 3.05) is 13.7 Å². The van der Waals surface area contributed by atoms with Crippen molar-refractivity contribution < 1.29 is 32.2 Å². The summed E-state index contributed by atoms with van der Waals surface area (Å²) in [4.78, 5) is 27.3. The number of carbonyl (C=O) groups excluding carboxylic acids is 2. The number of H-pyrrole nitrogens is 1. The Balaban J connectivity index is 1.51. The number of fused-ring (bicyclic) bond motifs is 1. The molecule has 0 saturated carbocycles. The van der Waals surface area contributed by atoms with E-state index >= 15 is 0 Å². The molecule has 1 heterocycles. The number of aromatic nitrogens is 1. The fraction of sp³-hybridized carbons (Fsp3) is 0.238. The van der Waals surface area contributed by atoms with Gasteiger partial charge in [0.1, 0.15) is 0 Å². The number of aromatic amines is 1. The van der Waals surface area contributed by atoms with Gasteiger partial charge in [-0.05, 0) is 30.2 Å². The molecule has 0 aliphatic carbocycles. The maximum Gasteiger partial charge on any atom is 0.422 e. The van der Waals surface area contributed by atoms with Crippen molar-refractivity contribution in [1.29, 1.82) is 0 Å². The molecule has 1 aromatic heterocycles. The molecule has 0 fully saturated rings. The minimum atomic E-state index is -4.46. The Hall–Kier alpha value is -3.69. The van der Waals surface area contributed by atoms with Gasteiger partial charge in [-0.2, -0.15) is 13.2 Å². The highest BCUT2D eigenvalue weighted by Crippen LogP contribution is 2.30. The van der Waals surface area contributed by atoms with Crippen LogP contribution in [0.5, 0.6) is 11.5 Å². The van der Waals surface area contributed by atoms with Gasteiger partial charge in [0, 0.05) is 23.5 Å². The standard InChI is InChI=1S/C21H20F3N3O4/c1-30-18-10-13(6-8-17(18)31-12-21(22,23)24)7-9-19(28)26-27-20(29)15-11-25-16-5-3-2-4-14(15)16/h2-6,8,10-11,25H,7,9,12H2,1H3,(H,26,28)(H,27,29). The molecule has 7 nitrogen and oxygen atoms in total. The van der Waals surface area contributed by atoms with Crippen LogP contribution in [0.25, 0.3) is 10.9 Å². The van der Waals surface area contributed by atoms with Gasteiger partial charge in [0.2, 0.25) is 5.91 Å². The Labute approximate surface area is 175 Å². The molecule has 0 atom stereocenters. The normalized spacial score (nSPS) is 11.2. The number of carbonyl (C=O) groups is 2. The summed E-state index contributed by atoms with van der Waals surface area (Å²) in [6.45, 7) is -1.43. The van der Waals surface area contributed by atoms with Crippen molar-refractivity contribution in [2.24, 2.45) is 0 Å². The summed E-state index contributed by atoms with van der Waals surface area (Å²) in [5.41, 5.74) is 6.58. The second kappa shape index (κ2) is 9.41. The van der Waals surface area contributed by atoms with Gasteiger partial charge in [0.25, 0.3) is 5.91 Å². The van der Waals surface area contributed by atoms with Crippen LogP contribution in [0.1, 0.15) is 22.3 Å². The van der Waals surface area contributed by atoms with E-state index in [9.17, 15) is 22.8 Å². The Morgan fingerprint density at radius 1 is 1.06 bits per heavy atom. The lowest BCUT2D eigenvalue weighted by Crippen LogP contribution is -2.41. The number of amides is 2. The van der Waals surface area contributed by atoms with E-state index in [1.165, 1.54) is 19.2 Å². The molecule has 3 rings (SSSR count). The average molecular weight is 435 g/mol. The van der Waals surface area contributed by atoms with Gasteiger partial charge in [0.05, 0.1) is 12.7 Å². The topological polar surface area (TPSA) is 92.5 Å². The summed E-state index contributed by atoms with van der Waals surface area (Å²) < 4.78 is 46.7. The van der Waals surface area contributed by atoms with Crippen molar-refractivity contribution in [1.82, 2.24) is 15.8 Å². The molecule has 0 radical (unpaired) electrons. The predicted molar refractivity (Wildman–Crippen MR) is 107 cm³/mol. The fourth-order valence-electron chi connectivity index (χ4n) is 2.92. The minimum Gasteiger partial charge on any atom is -0.493 e. The molecule has 31 heavy (non-hydrogen) atoms. The lowest BCUT2D eigenvalue weighted by molar-refractivity contribution is -0.153. The van der Waals surface area contributed by atoms with Crippen LogP contribution in [0, 0.1) is 0 Å². The Morgan fingerprint density at radius 3 is 2.58 bits per heavy atom. The third-order valence-corrected chi connectivity index (χ3v) is 4.41. The van der Waals surface area contributed by atoms with Crippen molar-refractivity contribution in [3.63, 3.8) is 0 Å². The highest BCUT2D eigenvalue weighted by Gasteiger charge is 2.29. The molecule has 0 unspecified atom stereocenters. The molecule has 3 N–H and O–H groups in total. The monoisotopic (exact) mass is 435 g/mol. The van der Waals surface area contributed by atoms with E-state index in [4.69, 9.17) is 9.47 Å². The highest BCUT2D eigenvalue weighted by atomic mass is 19.4. The Morgan fingerprint density at radius 2 is 1.84 bits per heavy atom. The van der Waals surface area contributed by atoms with E-state index in [1.807, 2.05) is 12.1 Å². The zero-order chi connectivity index (χ0) is 22.4. The Kier molecular flexibility index (Phi) is 6.68. The number of methoxy groups -OCH3 is 1. The molecule has 0 aliphatic heterocycles. The molecule has 3 aromatic rings. The molecule has 10 heteroatoms. The SMILES string of the molecule is COc1cc(CCC(=O)NNC(=O)c2c[nH]c3ccccc23)ccc1OCC(F)(F)F. The lowest BCUT2D eigenvalue weighted by Gasteiger charge is -2.13. The summed E-state index contributed by atoms with van der Waals surface area (Å²) in [5, 5.41) is 0.731. The first kappa shape index (κ1) is 22.0. The lowest BCUT2D eigenvalue weighted by atomic mass is 10.1. The molecule has 164 valence electrons. The molecule has 0 spiro atoms. The third kappa shape index (κ3) is 5.91. The van der Waals surface area contributed by atoms with Gasteiger partial charge in [-0.1, -0.05) is 24.3 Å². The quantitative estimate of drug-likeness (QED) is 0.496. The van der Waals surface area contributed by atoms with Crippen molar-refractivity contribution >= 4 is 22.7 Å². The molecule has 2 amide bonds. The molecule has 0 saturated heterocycles. The smallest absolute Gasteiger partial charge is 0.422 e. The molecule has 0 bridgehead atoms. The molecular weight excluding hydrogens is 415 g/mol. The molecule has 2 aromatic carbocycles. The molecule has 0 aliphatic rings. The van der Waals surface area contributed by atoms with E-state index in [0.717, 1.165) is 10.9 Å². The van der Waals surface area contributed by atoms with Crippen molar-refractivity contribution in [2.45, 2.75) is 19.0 Å². The Bertz CT molecular complexity index is 1080. The van der Waals surface area contributed by atoms with Crippen LogP contribution in [0.4, 0.5) is 13.2 Å². The number of alkyl halides is 3. The van der Waals surface area contributed by atoms with Crippen molar-refractivity contribution in [3.8, 4) is 11.5 Å². The van der Waals surface area contributed by atoms with E-state index in [-0.39, 0.29) is 24.3 Å². The number of ether oxygens (including phenoxy) is 2. The first-order chi connectivity index (χ1) is 14.8. The number of hydrazine groups is 1. The van der Waals surface area contributed by atoms with Gasteiger partial charge >= 0.3 is 6.18 Å². The number of rotatable bonds is 7. The predicted octanol–water partition coefficient (Wildman–Crippen LogP) is 3.51. The summed E-state index contributed by atoms with van der Waals surface area (Å²) in [7, 11) is 1.31. The molecular formula is C21H20F3N3O4. The van der Waals surface area contributed by atoms with Gasteiger partial charge in [0.15, 0.2) is 18.1 Å². The van der Waals surface area contributed by atoms with E-state index in [0.29, 0.717) is 11.1 Å². The van der Waals surface area contributed by atoms with E-state index in [2.05, 4.69) is 15.8 Å². The third-order valence-electron chi connectivity index (χ3n) is 4.41. The zero-order valence-corrected chi connectivity index (χ0v) is 16.5. The summed E-state index contributed by atoms with van der Waals surface area (Å²) in [6, 6.07) is 11.7. The minimum absolute atomic E-state index is 0.0417. The average Bonchev–Trinajstić information content (AvgIpc) is 3.18. The number of halogens is 3. The van der Waals surface area contributed by atoms with Gasteiger partial charge in [-0.3, -0.25) is 20.4 Å². The van der Waals surface area contributed by atoms with E-state index in [1.54, 1.807) is 24.4 Å². The number of para-hydroxylation sites is 1. The van der Waals surface area contributed by atoms with E-state index < -0.39 is 24.6 Å². The number of hydrogen-bond acceptors (Lipinski definition) is 4. The van der Waals surface area contributed by atoms with Gasteiger partial charge < -0.3 is 14.5 Å². The first-order valence-electron chi connectivity index (χ1n) is 9.28. The number of hydrogen-bond donors (Lipinski definition) is 3. The van der Waals surface area contributed by atoms with Crippen molar-refractivity contribution in [3.05, 3.63) is 59.8 Å².